The number of carboxylic acids is 1. The van der Waals surface area contributed by atoms with Crippen LogP contribution in [0.15, 0.2) is 56.7 Å². The number of thioether (sulfide) groups is 4. The normalized spacial score (nSPS) is 18.8. The maximum atomic E-state index is 12.9. The molecule has 39 heavy (non-hydrogen) atoms. The molecule has 15 heteroatoms. The number of aryl methyl sites for hydroxylation is 1. The minimum atomic E-state index is -1.18. The molecular formula is C24H23Cl2N5O4S4. The van der Waals surface area contributed by atoms with Gasteiger partial charge in [-0.25, -0.2) is 19.7 Å². The Labute approximate surface area is 252 Å². The summed E-state index contributed by atoms with van der Waals surface area (Å²) in [5.74, 6) is -0.0863. The molecule has 1 fully saturated rings. The van der Waals surface area contributed by atoms with Crippen molar-refractivity contribution in [1.82, 2.24) is 25.2 Å². The lowest BCUT2D eigenvalue weighted by atomic mass is 10.0. The summed E-state index contributed by atoms with van der Waals surface area (Å²) in [6.45, 7) is 3.97. The molecule has 0 saturated carbocycles. The van der Waals surface area contributed by atoms with Crippen LogP contribution in [-0.4, -0.2) is 77.2 Å². The predicted octanol–water partition coefficient (Wildman–Crippen LogP) is 4.78. The number of allylic oxidation sites excluding steroid dienone is 1. The van der Waals surface area contributed by atoms with Gasteiger partial charge in [0.15, 0.2) is 5.16 Å². The topological polar surface area (TPSA) is 125 Å². The number of hydrogen-bond acceptors (Lipinski definition) is 10. The summed E-state index contributed by atoms with van der Waals surface area (Å²) in [5, 5.41) is 14.1. The molecule has 2 aromatic heterocycles. The van der Waals surface area contributed by atoms with E-state index in [9.17, 15) is 19.5 Å². The van der Waals surface area contributed by atoms with Gasteiger partial charge in [0.1, 0.15) is 32.4 Å². The third-order valence-corrected chi connectivity index (χ3v) is 9.61. The van der Waals surface area contributed by atoms with Crippen LogP contribution < -0.4 is 5.32 Å². The van der Waals surface area contributed by atoms with E-state index in [-0.39, 0.29) is 27.7 Å². The van der Waals surface area contributed by atoms with Gasteiger partial charge >= 0.3 is 5.97 Å². The van der Waals surface area contributed by atoms with Crippen molar-refractivity contribution in [2.75, 3.05) is 23.0 Å². The third-order valence-electron chi connectivity index (χ3n) is 5.35. The molecule has 2 N–H and O–H groups in total. The molecule has 0 bridgehead atoms. The monoisotopic (exact) mass is 643 g/mol. The molecule has 0 aliphatic carbocycles. The van der Waals surface area contributed by atoms with E-state index >= 15 is 0 Å². The number of nitrogens with one attached hydrogen (secondary N) is 1. The van der Waals surface area contributed by atoms with Gasteiger partial charge in [0, 0.05) is 22.1 Å². The highest BCUT2D eigenvalue weighted by Crippen LogP contribution is 2.41. The number of fused-ring (bicyclic) bond motifs is 1. The summed E-state index contributed by atoms with van der Waals surface area (Å²) in [5.41, 5.74) is 1.39. The molecule has 2 amide bonds. The lowest BCUT2D eigenvalue weighted by Gasteiger charge is -2.49. The first kappa shape index (κ1) is 30.1. The molecule has 0 aromatic carbocycles. The fourth-order valence-electron chi connectivity index (χ4n) is 3.77. The Morgan fingerprint density at radius 2 is 1.92 bits per heavy atom. The van der Waals surface area contributed by atoms with Crippen LogP contribution in [0.5, 0.6) is 0 Å². The van der Waals surface area contributed by atoms with E-state index in [0.717, 1.165) is 21.6 Å². The molecule has 2 aliphatic rings. The highest BCUT2D eigenvalue weighted by Gasteiger charge is 2.53. The van der Waals surface area contributed by atoms with Gasteiger partial charge in [-0.15, -0.1) is 35.3 Å². The third kappa shape index (κ3) is 7.65. The number of amides is 2. The van der Waals surface area contributed by atoms with E-state index in [2.05, 4.69) is 20.3 Å². The Hall–Kier alpha value is -1.90. The molecule has 2 atom stereocenters. The number of carbonyl (C=O) groups is 3. The van der Waals surface area contributed by atoms with Crippen LogP contribution in [0.25, 0.3) is 0 Å². The summed E-state index contributed by atoms with van der Waals surface area (Å²) in [6, 6.07) is 4.30. The second-order valence-corrected chi connectivity index (χ2v) is 13.3. The first-order valence-corrected chi connectivity index (χ1v) is 16.4. The fourth-order valence-corrected chi connectivity index (χ4v) is 7.90. The van der Waals surface area contributed by atoms with Crippen LogP contribution in [0, 0.1) is 6.92 Å². The largest absolute Gasteiger partial charge is 0.477 e. The Morgan fingerprint density at radius 3 is 2.62 bits per heavy atom. The van der Waals surface area contributed by atoms with Crippen molar-refractivity contribution < 1.29 is 19.5 Å². The first-order chi connectivity index (χ1) is 18.7. The number of hydrogen-bond donors (Lipinski definition) is 2. The van der Waals surface area contributed by atoms with Crippen LogP contribution in [0.3, 0.4) is 0 Å². The van der Waals surface area contributed by atoms with E-state index in [1.54, 1.807) is 30.0 Å². The van der Waals surface area contributed by atoms with E-state index in [4.69, 9.17) is 23.2 Å². The highest BCUT2D eigenvalue weighted by molar-refractivity contribution is 8.00. The molecule has 9 nitrogen and oxygen atoms in total. The second-order valence-electron chi connectivity index (χ2n) is 8.15. The number of nitrogens with zero attached hydrogens (tertiary/aromatic N) is 4. The minimum absolute atomic E-state index is 0.0373. The van der Waals surface area contributed by atoms with Crippen molar-refractivity contribution >= 4 is 88.0 Å². The van der Waals surface area contributed by atoms with Gasteiger partial charge in [-0.1, -0.05) is 54.0 Å². The predicted molar refractivity (Wildman–Crippen MR) is 158 cm³/mol. The molecule has 1 unspecified atom stereocenters. The maximum Gasteiger partial charge on any atom is 0.352 e. The number of β-lactam (4-membered cyclic amide) rings is 1. The SMILES string of the molecule is CCSc1nc(C)cc(SC/C=C/C2=C(C(=O)O)N3C(=O)[C@@H](NC(=O)CSc4cc(Cl)nc(Cl)c4)C3SC2)n1. The number of aliphatic carboxylic acids is 1. The van der Waals surface area contributed by atoms with E-state index < -0.39 is 23.3 Å². The molecule has 2 aromatic rings. The van der Waals surface area contributed by atoms with Gasteiger partial charge in [-0.2, -0.15) is 0 Å². The van der Waals surface area contributed by atoms with E-state index in [1.165, 1.54) is 40.2 Å². The molecule has 1 saturated heterocycles. The van der Waals surface area contributed by atoms with Crippen molar-refractivity contribution in [2.45, 2.75) is 40.3 Å². The molecule has 4 heterocycles. The summed E-state index contributed by atoms with van der Waals surface area (Å²) >= 11 is 17.5. The van der Waals surface area contributed by atoms with Gasteiger partial charge < -0.3 is 10.4 Å². The summed E-state index contributed by atoms with van der Waals surface area (Å²) < 4.78 is 0. The lowest BCUT2D eigenvalue weighted by molar-refractivity contribution is -0.150. The Kier molecular flexibility index (Phi) is 10.5. The number of aromatic nitrogens is 3. The van der Waals surface area contributed by atoms with E-state index in [0.29, 0.717) is 22.0 Å². The lowest BCUT2D eigenvalue weighted by Crippen LogP contribution is -2.70. The molecule has 0 radical (unpaired) electrons. The molecular weight excluding hydrogens is 621 g/mol. The second kappa shape index (κ2) is 13.6. The van der Waals surface area contributed by atoms with Gasteiger partial charge in [-0.3, -0.25) is 14.5 Å². The molecule has 0 spiro atoms. The smallest absolute Gasteiger partial charge is 0.352 e. The number of halogens is 2. The standard InChI is InChI=1S/C24H23Cl2N5O4S4/c1-3-36-24-27-12(2)7-18(30-24)37-6-4-5-13-10-39-22-19(21(33)31(22)20(13)23(34)35)29-17(32)11-38-14-8-15(25)28-16(26)9-14/h4-5,7-9,19,22H,3,6,10-11H2,1-2H3,(H,29,32)(H,34,35)/b5-4+/t19-,22?/m1/s1. The minimum Gasteiger partial charge on any atom is -0.477 e. The number of carboxylic acid groups (broad SMARTS) is 1. The quantitative estimate of drug-likeness (QED) is 0.115. The fraction of sp³-hybridized carbons (Fsp3) is 0.333. The number of rotatable bonds is 11. The molecule has 206 valence electrons. The molecule has 4 rings (SSSR count). The van der Waals surface area contributed by atoms with Crippen molar-refractivity contribution in [3.8, 4) is 0 Å². The van der Waals surface area contributed by atoms with Gasteiger partial charge in [0.05, 0.1) is 5.75 Å². The Bertz CT molecular complexity index is 1340. The summed E-state index contributed by atoms with van der Waals surface area (Å²) in [7, 11) is 0. The highest BCUT2D eigenvalue weighted by atomic mass is 35.5. The average Bonchev–Trinajstić information content (AvgIpc) is 2.87. The van der Waals surface area contributed by atoms with Crippen molar-refractivity contribution in [3.05, 3.63) is 57.6 Å². The first-order valence-electron chi connectivity index (χ1n) is 11.6. The van der Waals surface area contributed by atoms with Crippen LogP contribution in [0.4, 0.5) is 0 Å². The number of carbonyl (C=O) groups excluding carboxylic acids is 2. The van der Waals surface area contributed by atoms with Crippen LogP contribution >= 0.6 is 70.2 Å². The van der Waals surface area contributed by atoms with Crippen molar-refractivity contribution in [3.63, 3.8) is 0 Å². The summed E-state index contributed by atoms with van der Waals surface area (Å²) in [6.07, 6.45) is 3.61. The molecule has 2 aliphatic heterocycles. The Morgan fingerprint density at radius 1 is 1.18 bits per heavy atom. The average molecular weight is 645 g/mol. The van der Waals surface area contributed by atoms with Crippen LogP contribution in [0.2, 0.25) is 10.3 Å². The van der Waals surface area contributed by atoms with Crippen LogP contribution in [0.1, 0.15) is 12.6 Å². The number of pyridine rings is 1. The van der Waals surface area contributed by atoms with Gasteiger partial charge in [0.25, 0.3) is 5.91 Å². The van der Waals surface area contributed by atoms with Crippen molar-refractivity contribution in [1.29, 1.82) is 0 Å². The zero-order valence-electron chi connectivity index (χ0n) is 20.7. The Balaban J connectivity index is 1.35. The van der Waals surface area contributed by atoms with Gasteiger partial charge in [-0.05, 0) is 36.4 Å². The van der Waals surface area contributed by atoms with Crippen LogP contribution in [-0.2, 0) is 14.4 Å². The zero-order chi connectivity index (χ0) is 28.1. The maximum absolute atomic E-state index is 12.9. The summed E-state index contributed by atoms with van der Waals surface area (Å²) in [4.78, 5) is 52.2. The van der Waals surface area contributed by atoms with Gasteiger partial charge in [0.2, 0.25) is 5.91 Å². The zero-order valence-corrected chi connectivity index (χ0v) is 25.5. The van der Waals surface area contributed by atoms with E-state index in [1.807, 2.05) is 26.0 Å². The van der Waals surface area contributed by atoms with Crippen molar-refractivity contribution in [2.24, 2.45) is 0 Å².